The molecule has 1 saturated heterocycles. The molecule has 0 saturated carbocycles. The van der Waals surface area contributed by atoms with E-state index in [4.69, 9.17) is 5.73 Å². The van der Waals surface area contributed by atoms with Crippen molar-refractivity contribution in [3.63, 3.8) is 0 Å². The predicted molar refractivity (Wildman–Crippen MR) is 69.3 cm³/mol. The average molecular weight is 287 g/mol. The number of halogens is 1. The number of nitrogens with zero attached hydrogens (tertiary/aromatic N) is 3. The Morgan fingerprint density at radius 2 is 2.06 bits per heavy atom. The normalized spacial score (nSPS) is 19.5. The minimum Gasteiger partial charge on any atom is -0.383 e. The largest absolute Gasteiger partial charge is 0.383 e. The maximum Gasteiger partial charge on any atom is 0.136 e. The molecule has 0 radical (unpaired) electrons. The van der Waals surface area contributed by atoms with Gasteiger partial charge in [0.05, 0.1) is 16.7 Å². The van der Waals surface area contributed by atoms with Crippen LogP contribution in [-0.4, -0.2) is 33.8 Å². The first kappa shape index (κ1) is 11.9. The topological polar surface area (TPSA) is 47.1 Å². The van der Waals surface area contributed by atoms with E-state index >= 15 is 0 Å². The Balaban J connectivity index is 2.02. The van der Waals surface area contributed by atoms with Gasteiger partial charge in [-0.05, 0) is 42.6 Å². The van der Waals surface area contributed by atoms with Crippen LogP contribution in [0.3, 0.4) is 0 Å². The second-order valence-corrected chi connectivity index (χ2v) is 5.54. The van der Waals surface area contributed by atoms with E-state index in [2.05, 4.69) is 39.8 Å². The summed E-state index contributed by atoms with van der Waals surface area (Å²) in [7, 11) is 0. The second kappa shape index (κ2) is 4.75. The molecule has 0 unspecified atom stereocenters. The van der Waals surface area contributed by atoms with Crippen molar-refractivity contribution in [1.29, 1.82) is 0 Å². The van der Waals surface area contributed by atoms with Crippen molar-refractivity contribution in [2.45, 2.75) is 38.8 Å². The van der Waals surface area contributed by atoms with E-state index in [-0.39, 0.29) is 0 Å². The molecular formula is C11H19BrN4. The summed E-state index contributed by atoms with van der Waals surface area (Å²) < 4.78 is 2.86. The minimum absolute atomic E-state index is 0.460. The number of piperidine rings is 1. The third kappa shape index (κ3) is 2.25. The Bertz CT molecular complexity index is 353. The molecule has 2 heterocycles. The van der Waals surface area contributed by atoms with E-state index in [0.29, 0.717) is 12.1 Å². The molecule has 1 fully saturated rings. The third-order valence-corrected chi connectivity index (χ3v) is 3.97. The molecule has 1 aromatic rings. The predicted octanol–water partition coefficient (Wildman–Crippen LogP) is 2.27. The molecule has 0 bridgehead atoms. The molecule has 0 atom stereocenters. The molecule has 1 aromatic heterocycles. The Hall–Kier alpha value is -0.550. The molecule has 2 N–H and O–H groups in total. The highest BCUT2D eigenvalue weighted by molar-refractivity contribution is 9.10. The summed E-state index contributed by atoms with van der Waals surface area (Å²) in [6.07, 6.45) is 4.05. The standard InChI is InChI=1S/C11H19BrN4/c1-8(2)15-5-3-9(4-6-15)16-11(13)10(12)7-14-16/h7-9H,3-6,13H2,1-2H3. The van der Waals surface area contributed by atoms with Gasteiger partial charge >= 0.3 is 0 Å². The molecule has 1 aliphatic rings. The van der Waals surface area contributed by atoms with Crippen LogP contribution in [0.15, 0.2) is 10.7 Å². The maximum absolute atomic E-state index is 5.97. The monoisotopic (exact) mass is 286 g/mol. The van der Waals surface area contributed by atoms with Crippen molar-refractivity contribution < 1.29 is 0 Å². The molecule has 2 rings (SSSR count). The number of hydrogen-bond donors (Lipinski definition) is 1. The van der Waals surface area contributed by atoms with Gasteiger partial charge in [-0.15, -0.1) is 0 Å². The summed E-state index contributed by atoms with van der Waals surface area (Å²) in [5, 5.41) is 4.34. The zero-order chi connectivity index (χ0) is 11.7. The zero-order valence-electron chi connectivity index (χ0n) is 9.86. The van der Waals surface area contributed by atoms with Crippen LogP contribution >= 0.6 is 15.9 Å². The third-order valence-electron chi connectivity index (χ3n) is 3.36. The molecule has 0 aliphatic carbocycles. The first-order chi connectivity index (χ1) is 7.59. The van der Waals surface area contributed by atoms with Gasteiger partial charge in [0.25, 0.3) is 0 Å². The van der Waals surface area contributed by atoms with Gasteiger partial charge < -0.3 is 10.6 Å². The van der Waals surface area contributed by atoms with Crippen LogP contribution in [0.2, 0.25) is 0 Å². The summed E-state index contributed by atoms with van der Waals surface area (Å²) in [6.45, 7) is 6.77. The smallest absolute Gasteiger partial charge is 0.136 e. The second-order valence-electron chi connectivity index (χ2n) is 4.68. The van der Waals surface area contributed by atoms with Crippen LogP contribution < -0.4 is 5.73 Å². The number of anilines is 1. The van der Waals surface area contributed by atoms with Crippen LogP contribution in [0.4, 0.5) is 5.82 Å². The lowest BCUT2D eigenvalue weighted by Crippen LogP contribution is -2.39. The fraction of sp³-hybridized carbons (Fsp3) is 0.727. The summed E-state index contributed by atoms with van der Waals surface area (Å²) >= 11 is 3.40. The number of rotatable bonds is 2. The molecule has 90 valence electrons. The Morgan fingerprint density at radius 1 is 1.44 bits per heavy atom. The highest BCUT2D eigenvalue weighted by Crippen LogP contribution is 2.28. The van der Waals surface area contributed by atoms with Crippen molar-refractivity contribution >= 4 is 21.7 Å². The Labute approximate surface area is 105 Å². The molecule has 16 heavy (non-hydrogen) atoms. The highest BCUT2D eigenvalue weighted by atomic mass is 79.9. The van der Waals surface area contributed by atoms with Crippen LogP contribution in [-0.2, 0) is 0 Å². The zero-order valence-corrected chi connectivity index (χ0v) is 11.4. The molecule has 1 aliphatic heterocycles. The number of aromatic nitrogens is 2. The molecular weight excluding hydrogens is 268 g/mol. The average Bonchev–Trinajstić information content (AvgIpc) is 2.60. The Morgan fingerprint density at radius 3 is 2.50 bits per heavy atom. The van der Waals surface area contributed by atoms with Crippen molar-refractivity contribution in [2.24, 2.45) is 0 Å². The first-order valence-electron chi connectivity index (χ1n) is 5.82. The summed E-state index contributed by atoms with van der Waals surface area (Å²) in [5.74, 6) is 0.753. The van der Waals surface area contributed by atoms with E-state index in [1.807, 2.05) is 4.68 Å². The van der Waals surface area contributed by atoms with Crippen molar-refractivity contribution in [3.05, 3.63) is 10.7 Å². The maximum atomic E-state index is 5.97. The van der Waals surface area contributed by atoms with E-state index in [1.54, 1.807) is 6.20 Å². The lowest BCUT2D eigenvalue weighted by Gasteiger charge is -2.34. The fourth-order valence-corrected chi connectivity index (χ4v) is 2.56. The SMILES string of the molecule is CC(C)N1CCC(n2ncc(Br)c2N)CC1. The van der Waals surface area contributed by atoms with E-state index in [9.17, 15) is 0 Å². The summed E-state index contributed by atoms with van der Waals surface area (Å²) in [4.78, 5) is 2.51. The van der Waals surface area contributed by atoms with Crippen molar-refractivity contribution in [2.75, 3.05) is 18.8 Å². The first-order valence-corrected chi connectivity index (χ1v) is 6.61. The highest BCUT2D eigenvalue weighted by Gasteiger charge is 2.23. The molecule has 5 heteroatoms. The summed E-state index contributed by atoms with van der Waals surface area (Å²) in [6, 6.07) is 1.10. The van der Waals surface area contributed by atoms with Crippen molar-refractivity contribution in [3.8, 4) is 0 Å². The molecule has 0 aromatic carbocycles. The van der Waals surface area contributed by atoms with E-state index in [0.717, 1.165) is 36.2 Å². The van der Waals surface area contributed by atoms with E-state index in [1.165, 1.54) is 0 Å². The van der Waals surface area contributed by atoms with Crippen LogP contribution in [0.1, 0.15) is 32.7 Å². The number of nitrogens with two attached hydrogens (primary N) is 1. The van der Waals surface area contributed by atoms with Crippen LogP contribution in [0.5, 0.6) is 0 Å². The summed E-state index contributed by atoms with van der Waals surface area (Å²) in [5.41, 5.74) is 5.97. The minimum atomic E-state index is 0.460. The molecule has 0 amide bonds. The van der Waals surface area contributed by atoms with Gasteiger partial charge in [-0.1, -0.05) is 0 Å². The molecule has 4 nitrogen and oxygen atoms in total. The Kier molecular flexibility index (Phi) is 3.54. The van der Waals surface area contributed by atoms with E-state index < -0.39 is 0 Å². The van der Waals surface area contributed by atoms with Gasteiger partial charge in [0, 0.05) is 19.1 Å². The quantitative estimate of drug-likeness (QED) is 0.907. The van der Waals surface area contributed by atoms with Crippen LogP contribution in [0, 0.1) is 0 Å². The van der Waals surface area contributed by atoms with Gasteiger partial charge in [-0.2, -0.15) is 5.10 Å². The van der Waals surface area contributed by atoms with Crippen LogP contribution in [0.25, 0.3) is 0 Å². The lowest BCUT2D eigenvalue weighted by molar-refractivity contribution is 0.148. The number of likely N-dealkylation sites (tertiary alicyclic amines) is 1. The van der Waals surface area contributed by atoms with Gasteiger partial charge in [-0.25, -0.2) is 4.68 Å². The number of nitrogen functional groups attached to an aromatic ring is 1. The van der Waals surface area contributed by atoms with Crippen molar-refractivity contribution in [1.82, 2.24) is 14.7 Å². The van der Waals surface area contributed by atoms with Gasteiger partial charge in [0.15, 0.2) is 0 Å². The van der Waals surface area contributed by atoms with Gasteiger partial charge in [0.2, 0.25) is 0 Å². The number of hydrogen-bond acceptors (Lipinski definition) is 3. The molecule has 0 spiro atoms. The fourth-order valence-electron chi connectivity index (χ4n) is 2.29. The van der Waals surface area contributed by atoms with Gasteiger partial charge in [-0.3, -0.25) is 0 Å². The lowest BCUT2D eigenvalue weighted by atomic mass is 10.0. The van der Waals surface area contributed by atoms with Gasteiger partial charge in [0.1, 0.15) is 5.82 Å².